The predicted molar refractivity (Wildman–Crippen MR) is 147 cm³/mol. The lowest BCUT2D eigenvalue weighted by molar-refractivity contribution is -0.0694. The van der Waals surface area contributed by atoms with Gasteiger partial charge in [0, 0.05) is 0 Å². The van der Waals surface area contributed by atoms with Crippen LogP contribution in [0, 0.1) is 0 Å². The topological polar surface area (TPSA) is 150 Å². The second-order valence-corrected chi connectivity index (χ2v) is 22.1. The van der Waals surface area contributed by atoms with E-state index in [-0.39, 0.29) is 45.8 Å². The Morgan fingerprint density at radius 2 is 1.59 bits per heavy atom. The van der Waals surface area contributed by atoms with E-state index in [0.717, 1.165) is 6.33 Å². The molecule has 0 radical (unpaired) electrons. The number of nitrogens with two attached hydrogens (primary N) is 1. The number of anilines is 1. The van der Waals surface area contributed by atoms with Crippen molar-refractivity contribution < 1.29 is 43.5 Å². The molecule has 0 aliphatic carbocycles. The molecule has 232 valence electrons. The molecule has 2 N–H and O–H groups in total. The third-order valence-electron chi connectivity index (χ3n) is 7.80. The zero-order valence-corrected chi connectivity index (χ0v) is 27.1. The van der Waals surface area contributed by atoms with Crippen molar-refractivity contribution in [3.8, 4) is 0 Å². The van der Waals surface area contributed by atoms with E-state index in [9.17, 15) is 21.6 Å². The van der Waals surface area contributed by atoms with Gasteiger partial charge in [-0.2, -0.15) is 21.6 Å². The Bertz CT molecular complexity index is 1340. The van der Waals surface area contributed by atoms with E-state index in [2.05, 4.69) is 15.0 Å². The lowest BCUT2D eigenvalue weighted by atomic mass is 10.1. The molecule has 0 spiro atoms. The maximum absolute atomic E-state index is 13.6. The van der Waals surface area contributed by atoms with E-state index in [1.165, 1.54) is 10.9 Å². The number of halogens is 3. The second kappa shape index (κ2) is 11.1. The molecule has 4 rings (SSSR count). The van der Waals surface area contributed by atoms with Crippen LogP contribution < -0.4 is 5.73 Å². The summed E-state index contributed by atoms with van der Waals surface area (Å²) in [5, 5.41) is 0. The Labute approximate surface area is 239 Å². The number of aromatic nitrogens is 4. The zero-order chi connectivity index (χ0) is 30.7. The van der Waals surface area contributed by atoms with Gasteiger partial charge in [0.2, 0.25) is 0 Å². The van der Waals surface area contributed by atoms with Crippen LogP contribution in [0.2, 0.25) is 22.2 Å². The van der Waals surface area contributed by atoms with Crippen molar-refractivity contribution in [2.24, 2.45) is 0 Å². The van der Waals surface area contributed by atoms with E-state index < -0.39 is 57.3 Å². The summed E-state index contributed by atoms with van der Waals surface area (Å²) < 4.78 is 98.7. The zero-order valence-electron chi connectivity index (χ0n) is 24.2. The molecule has 0 aromatic carbocycles. The van der Waals surface area contributed by atoms with Crippen LogP contribution in [0.3, 0.4) is 0 Å². The van der Waals surface area contributed by atoms with Crippen LogP contribution in [0.1, 0.15) is 61.6 Å². The highest BCUT2D eigenvalue weighted by Crippen LogP contribution is 2.49. The molecule has 1 unspecified atom stereocenters. The molecule has 4 atom stereocenters. The second-order valence-electron chi connectivity index (χ2n) is 11.7. The maximum atomic E-state index is 13.6. The molecular weight excluding hydrogens is 604 g/mol. The Kier molecular flexibility index (Phi) is 8.74. The minimum atomic E-state index is -6.07. The summed E-state index contributed by atoms with van der Waals surface area (Å²) in [7, 11) is -12.5. The Balaban J connectivity index is 1.91. The highest BCUT2D eigenvalue weighted by molar-refractivity contribution is 7.87. The Morgan fingerprint density at radius 3 is 2.12 bits per heavy atom. The number of hydrogen-bond donors (Lipinski definition) is 1. The summed E-state index contributed by atoms with van der Waals surface area (Å²) in [4.78, 5) is 12.2. The van der Waals surface area contributed by atoms with Gasteiger partial charge in [0.25, 0.3) is 0 Å². The smallest absolute Gasteiger partial charge is 0.414 e. The molecule has 0 amide bonds. The Hall–Kier alpha value is -1.68. The number of fused-ring (bicyclic) bond motifs is 2. The molecule has 2 aliphatic heterocycles. The van der Waals surface area contributed by atoms with Gasteiger partial charge >= 0.3 is 32.7 Å². The van der Waals surface area contributed by atoms with Gasteiger partial charge in [-0.05, 0) is 22.2 Å². The average molecular weight is 642 g/mol. The van der Waals surface area contributed by atoms with Crippen molar-refractivity contribution in [3.05, 3.63) is 12.7 Å². The van der Waals surface area contributed by atoms with Crippen molar-refractivity contribution in [2.75, 3.05) is 12.3 Å². The fourth-order valence-electron chi connectivity index (χ4n) is 5.71. The molecule has 4 heterocycles. The lowest BCUT2D eigenvalue weighted by Gasteiger charge is -2.51. The molecule has 0 bridgehead atoms. The first-order valence-corrected chi connectivity index (χ1v) is 18.8. The minimum absolute atomic E-state index is 0.000790. The summed E-state index contributed by atoms with van der Waals surface area (Å²) in [6.07, 6.45) is -3.12. The molecule has 41 heavy (non-hydrogen) atoms. The van der Waals surface area contributed by atoms with Gasteiger partial charge in [-0.3, -0.25) is 8.75 Å². The number of imidazole rings is 1. The van der Waals surface area contributed by atoms with Crippen molar-refractivity contribution >= 4 is 44.2 Å². The summed E-state index contributed by atoms with van der Waals surface area (Å²) in [5.41, 5.74) is 0.143. The van der Waals surface area contributed by atoms with Crippen molar-refractivity contribution in [3.63, 3.8) is 0 Å². The highest BCUT2D eigenvalue weighted by Gasteiger charge is 2.63. The first-order valence-electron chi connectivity index (χ1n) is 13.5. The standard InChI is InChI=1S/C23H38F3N5O7SSi2/c1-12(2)40(13(3)4)34-9-16-18(37-41(38-40,14(5)6)15(7)8)19(36-39(32,33)23(24,25)26)22(35-16)31-11-30-17-20(27)28-10-29-21(17)31/h10-16,18-19,22H,9H2,1-8H3,(H2,27,28,29)/t16-,18+,19?,22-/m1/s1. The molecule has 12 nitrogen and oxygen atoms in total. The van der Waals surface area contributed by atoms with E-state index in [1.54, 1.807) is 0 Å². The number of alkyl halides is 3. The highest BCUT2D eigenvalue weighted by atomic mass is 32.2. The predicted octanol–water partition coefficient (Wildman–Crippen LogP) is 4.50. The molecular formula is C23H38F3N5O7SSi2. The summed E-state index contributed by atoms with van der Waals surface area (Å²) in [5.74, 6) is 0.0295. The number of nitrogen functional groups attached to an aromatic ring is 1. The third-order valence-corrected chi connectivity index (χ3v) is 19.1. The first-order chi connectivity index (χ1) is 18.9. The van der Waals surface area contributed by atoms with E-state index >= 15 is 0 Å². The van der Waals surface area contributed by atoms with Crippen LogP contribution in [0.25, 0.3) is 11.2 Å². The quantitative estimate of drug-likeness (QED) is 0.259. The van der Waals surface area contributed by atoms with Crippen molar-refractivity contribution in [2.45, 2.75) is 108 Å². The molecule has 18 heteroatoms. The third kappa shape index (κ3) is 5.45. The van der Waals surface area contributed by atoms with Gasteiger partial charge < -0.3 is 23.4 Å². The fraction of sp³-hybridized carbons (Fsp3) is 0.783. The largest absolute Gasteiger partial charge is 0.523 e. The van der Waals surface area contributed by atoms with Crippen LogP contribution in [-0.2, 0) is 32.0 Å². The van der Waals surface area contributed by atoms with Crippen LogP contribution >= 0.6 is 0 Å². The van der Waals surface area contributed by atoms with E-state index in [4.69, 9.17) is 27.6 Å². The summed E-state index contributed by atoms with van der Waals surface area (Å²) in [6.45, 7) is 15.7. The van der Waals surface area contributed by atoms with Crippen LogP contribution in [-0.4, -0.2) is 75.5 Å². The summed E-state index contributed by atoms with van der Waals surface area (Å²) in [6, 6.07) is 0. The lowest BCUT2D eigenvalue weighted by Crippen LogP contribution is -2.66. The number of nitrogens with zero attached hydrogens (tertiary/aromatic N) is 4. The summed E-state index contributed by atoms with van der Waals surface area (Å²) >= 11 is 0. The van der Waals surface area contributed by atoms with Gasteiger partial charge in [-0.25, -0.2) is 15.0 Å². The van der Waals surface area contributed by atoms with Crippen LogP contribution in [0.4, 0.5) is 19.0 Å². The van der Waals surface area contributed by atoms with Crippen LogP contribution in [0.15, 0.2) is 12.7 Å². The van der Waals surface area contributed by atoms with Gasteiger partial charge in [-0.1, -0.05) is 55.4 Å². The number of hydrogen-bond acceptors (Lipinski definition) is 11. The van der Waals surface area contributed by atoms with Gasteiger partial charge in [0.05, 0.1) is 12.9 Å². The van der Waals surface area contributed by atoms with E-state index in [1.807, 2.05) is 55.4 Å². The first kappa shape index (κ1) is 32.2. The SMILES string of the molecule is CC(C)[Si]1(C(C)C)OC[C@H]2O[C@@H](n3cnc4c(N)ncnc43)C(OS(=O)(=O)C(F)(F)F)[C@H]2O[Si](C(C)C)(C(C)C)O1. The van der Waals surface area contributed by atoms with Crippen molar-refractivity contribution in [1.82, 2.24) is 19.5 Å². The molecule has 2 aliphatic rings. The minimum Gasteiger partial charge on any atom is -0.414 e. The van der Waals surface area contributed by atoms with Crippen LogP contribution in [0.5, 0.6) is 0 Å². The molecule has 2 aromatic heterocycles. The van der Waals surface area contributed by atoms with Crippen molar-refractivity contribution in [1.29, 1.82) is 0 Å². The average Bonchev–Trinajstić information content (AvgIpc) is 3.39. The molecule has 2 aromatic rings. The van der Waals surface area contributed by atoms with Gasteiger partial charge in [-0.15, -0.1) is 0 Å². The Morgan fingerprint density at radius 1 is 1.00 bits per heavy atom. The molecule has 2 saturated heterocycles. The molecule has 0 saturated carbocycles. The van der Waals surface area contributed by atoms with Gasteiger partial charge in [0.1, 0.15) is 24.1 Å². The van der Waals surface area contributed by atoms with E-state index in [0.29, 0.717) is 0 Å². The number of rotatable bonds is 7. The van der Waals surface area contributed by atoms with Gasteiger partial charge in [0.15, 0.2) is 23.8 Å². The monoisotopic (exact) mass is 641 g/mol. The normalized spacial score (nSPS) is 27.1. The maximum Gasteiger partial charge on any atom is 0.523 e. The fourth-order valence-corrected chi connectivity index (χ4v) is 17.5. The number of ether oxygens (including phenoxy) is 1. The molecule has 2 fully saturated rings.